The van der Waals surface area contributed by atoms with Gasteiger partial charge in [-0.15, -0.1) is 0 Å². The topological polar surface area (TPSA) is 15.7 Å². The van der Waals surface area contributed by atoms with E-state index in [4.69, 9.17) is 51.1 Å². The molecule has 0 aromatic heterocycles. The molecule has 3 aromatic rings. The van der Waals surface area contributed by atoms with Crippen LogP contribution in [0.2, 0.25) is 15.1 Å². The van der Waals surface area contributed by atoms with Crippen LogP contribution in [0.3, 0.4) is 0 Å². The summed E-state index contributed by atoms with van der Waals surface area (Å²) >= 11 is 25.4. The predicted octanol–water partition coefficient (Wildman–Crippen LogP) is 8.37. The molecule has 0 saturated heterocycles. The van der Waals surface area contributed by atoms with Crippen LogP contribution in [0, 0.1) is 5.82 Å². The third kappa shape index (κ3) is 7.16. The first kappa shape index (κ1) is 25.9. The summed E-state index contributed by atoms with van der Waals surface area (Å²) in [7, 11) is 0. The molecule has 3 aromatic carbocycles. The summed E-state index contributed by atoms with van der Waals surface area (Å²) in [6.45, 7) is 1.55. The molecule has 0 N–H and O–H groups in total. The van der Waals surface area contributed by atoms with E-state index in [-0.39, 0.29) is 12.4 Å². The Balaban J connectivity index is 1.41. The van der Waals surface area contributed by atoms with Gasteiger partial charge in [0.2, 0.25) is 0 Å². The molecule has 2 atom stereocenters. The van der Waals surface area contributed by atoms with E-state index in [1.807, 2.05) is 59.8 Å². The molecule has 0 bridgehead atoms. The van der Waals surface area contributed by atoms with Crippen molar-refractivity contribution >= 4 is 52.5 Å². The Hall–Kier alpha value is -2.21. The highest BCUT2D eigenvalue weighted by Crippen LogP contribution is 2.32. The first-order valence-electron chi connectivity index (χ1n) is 10.9. The van der Waals surface area contributed by atoms with E-state index < -0.39 is 11.6 Å². The smallest absolute Gasteiger partial charge is 0.135 e. The number of hydrogen-bond donors (Lipinski definition) is 0. The Morgan fingerprint density at radius 1 is 0.914 bits per heavy atom. The van der Waals surface area contributed by atoms with Crippen LogP contribution < -0.4 is 0 Å². The second-order valence-electron chi connectivity index (χ2n) is 8.07. The van der Waals surface area contributed by atoms with Crippen LogP contribution in [-0.4, -0.2) is 28.5 Å². The molecule has 1 heterocycles. The van der Waals surface area contributed by atoms with Gasteiger partial charge in [0, 0.05) is 34.0 Å². The maximum atomic E-state index is 13.1. The normalized spacial score (nSPS) is 15.2. The lowest BCUT2D eigenvalue weighted by atomic mass is 10.1. The van der Waals surface area contributed by atoms with Crippen LogP contribution in [0.25, 0.3) is 6.08 Å². The second kappa shape index (κ2) is 12.2. The maximum Gasteiger partial charge on any atom is 0.135 e. The van der Waals surface area contributed by atoms with Gasteiger partial charge < -0.3 is 14.5 Å². The van der Waals surface area contributed by atoms with Gasteiger partial charge in [-0.1, -0.05) is 88.9 Å². The number of hydrogen-bond acceptors (Lipinski definition) is 3. The van der Waals surface area contributed by atoms with E-state index in [1.165, 1.54) is 12.1 Å². The molecule has 0 amide bonds. The van der Waals surface area contributed by atoms with Gasteiger partial charge in [0.15, 0.2) is 0 Å². The van der Waals surface area contributed by atoms with Crippen LogP contribution >= 0.6 is 46.4 Å². The molecule has 0 saturated carbocycles. The molecule has 182 valence electrons. The summed E-state index contributed by atoms with van der Waals surface area (Å²) < 4.78 is 19.4. The molecule has 8 heteroatoms. The second-order valence-corrected chi connectivity index (χ2v) is 9.80. The van der Waals surface area contributed by atoms with Crippen molar-refractivity contribution in [3.63, 3.8) is 0 Å². The lowest BCUT2D eigenvalue weighted by Crippen LogP contribution is -2.35. The maximum absolute atomic E-state index is 13.1. The Bertz CT molecular complexity index is 1180. The molecule has 1 aliphatic heterocycles. The summed E-state index contributed by atoms with van der Waals surface area (Å²) in [6, 6.07) is 19.2. The van der Waals surface area contributed by atoms with Crippen LogP contribution in [-0.2, 0) is 11.3 Å². The minimum atomic E-state index is -0.482. The largest absolute Gasteiger partial charge is 0.365 e. The Kier molecular flexibility index (Phi) is 8.99. The minimum Gasteiger partial charge on any atom is -0.365 e. The number of ether oxygens (including phenoxy) is 1. The number of alkyl halides is 1. The Morgan fingerprint density at radius 2 is 1.63 bits per heavy atom. The fourth-order valence-corrected chi connectivity index (χ4v) is 4.57. The zero-order valence-electron chi connectivity index (χ0n) is 18.6. The van der Waals surface area contributed by atoms with E-state index >= 15 is 0 Å². The monoisotopic (exact) mass is 550 g/mol. The third-order valence-electron chi connectivity index (χ3n) is 5.53. The average Bonchev–Trinajstić information content (AvgIpc) is 3.31. The number of halogens is 5. The van der Waals surface area contributed by atoms with Gasteiger partial charge in [0.1, 0.15) is 17.4 Å². The fourth-order valence-electron chi connectivity index (χ4n) is 3.64. The van der Waals surface area contributed by atoms with Gasteiger partial charge in [-0.05, 0) is 53.1 Å². The van der Waals surface area contributed by atoms with Gasteiger partial charge in [-0.25, -0.2) is 4.39 Å². The van der Waals surface area contributed by atoms with E-state index in [2.05, 4.69) is 4.90 Å². The zero-order chi connectivity index (χ0) is 24.8. The summed E-state index contributed by atoms with van der Waals surface area (Å²) in [5, 5.41) is 1.75. The Morgan fingerprint density at radius 3 is 2.34 bits per heavy atom. The molecule has 0 fully saturated rings. The lowest BCUT2D eigenvalue weighted by molar-refractivity contribution is 0.00721. The molecule has 4 rings (SSSR count). The molecular weight excluding hydrogens is 529 g/mol. The highest BCUT2D eigenvalue weighted by atomic mass is 35.5. The van der Waals surface area contributed by atoms with E-state index in [0.29, 0.717) is 28.3 Å². The number of nitrogens with zero attached hydrogens (tertiary/aromatic N) is 2. The van der Waals surface area contributed by atoms with Crippen LogP contribution in [0.15, 0.2) is 85.2 Å². The average molecular weight is 552 g/mol. The van der Waals surface area contributed by atoms with Crippen molar-refractivity contribution in [3.05, 3.63) is 123 Å². The highest BCUT2D eigenvalue weighted by Gasteiger charge is 2.29. The summed E-state index contributed by atoms with van der Waals surface area (Å²) in [5.74, 6) is -0.246. The van der Waals surface area contributed by atoms with Crippen molar-refractivity contribution in [1.29, 1.82) is 0 Å². The molecule has 1 aliphatic rings. The summed E-state index contributed by atoms with van der Waals surface area (Å²) in [6.07, 6.45) is 7.48. The zero-order valence-corrected chi connectivity index (χ0v) is 21.7. The van der Waals surface area contributed by atoms with Gasteiger partial charge >= 0.3 is 0 Å². The first-order valence-corrected chi connectivity index (χ1v) is 12.5. The molecular formula is C27H23Cl4FN2O. The van der Waals surface area contributed by atoms with Crippen LogP contribution in [0.4, 0.5) is 4.39 Å². The number of rotatable bonds is 9. The standard InChI is InChI=1S/C27H23Cl4FN2O/c28-22-8-5-20(6-9-22)26(35-17-21-7-10-23(29)16-25(21)30)27(31)34-15-14-33(18-34)13-1-2-19-3-11-24(32)12-4-19/h1-12,14-16,26-27H,13,17-18H2/b2-1+. The van der Waals surface area contributed by atoms with Gasteiger partial charge in [-0.3, -0.25) is 0 Å². The van der Waals surface area contributed by atoms with Crippen molar-refractivity contribution < 1.29 is 9.13 Å². The molecule has 0 radical (unpaired) electrons. The van der Waals surface area contributed by atoms with Crippen molar-refractivity contribution in [1.82, 2.24) is 9.80 Å². The molecule has 0 spiro atoms. The molecule has 2 unspecified atom stereocenters. The van der Waals surface area contributed by atoms with Gasteiger partial charge in [-0.2, -0.15) is 0 Å². The summed E-state index contributed by atoms with van der Waals surface area (Å²) in [4.78, 5) is 4.13. The van der Waals surface area contributed by atoms with Crippen molar-refractivity contribution in [3.8, 4) is 0 Å². The summed E-state index contributed by atoms with van der Waals surface area (Å²) in [5.41, 5.74) is 2.19. The lowest BCUT2D eigenvalue weighted by Gasteiger charge is -2.31. The van der Waals surface area contributed by atoms with Crippen molar-refractivity contribution in [2.75, 3.05) is 13.2 Å². The fraction of sp³-hybridized carbons (Fsp3) is 0.185. The molecule has 35 heavy (non-hydrogen) atoms. The third-order valence-corrected chi connectivity index (χ3v) is 6.85. The van der Waals surface area contributed by atoms with Crippen molar-refractivity contribution in [2.45, 2.75) is 18.2 Å². The van der Waals surface area contributed by atoms with Crippen molar-refractivity contribution in [2.24, 2.45) is 0 Å². The molecule has 3 nitrogen and oxygen atoms in total. The van der Waals surface area contributed by atoms with Gasteiger partial charge in [0.25, 0.3) is 0 Å². The quantitative estimate of drug-likeness (QED) is 0.196. The SMILES string of the molecule is Fc1ccc(/C=C/CN2C=CN(C(Cl)C(OCc3ccc(Cl)cc3Cl)c3ccc(Cl)cc3)C2)cc1. The van der Waals surface area contributed by atoms with E-state index in [0.717, 1.165) is 16.7 Å². The highest BCUT2D eigenvalue weighted by molar-refractivity contribution is 6.35. The molecule has 0 aliphatic carbocycles. The Labute approximate surface area is 224 Å². The minimum absolute atomic E-state index is 0.246. The van der Waals surface area contributed by atoms with Gasteiger partial charge in [0.05, 0.1) is 13.3 Å². The predicted molar refractivity (Wildman–Crippen MR) is 143 cm³/mol. The van der Waals surface area contributed by atoms with E-state index in [1.54, 1.807) is 24.3 Å². The van der Waals surface area contributed by atoms with Crippen LogP contribution in [0.1, 0.15) is 22.8 Å². The van der Waals surface area contributed by atoms with Crippen LogP contribution in [0.5, 0.6) is 0 Å². The number of benzene rings is 3. The van der Waals surface area contributed by atoms with E-state index in [9.17, 15) is 4.39 Å². The first-order chi connectivity index (χ1) is 16.9.